The summed E-state index contributed by atoms with van der Waals surface area (Å²) in [6, 6.07) is 8.73. The highest BCUT2D eigenvalue weighted by Gasteiger charge is 2.34. The number of nitrogens with two attached hydrogens (primary N) is 1. The number of nitrogens with zero attached hydrogens (tertiary/aromatic N) is 2. The van der Waals surface area contributed by atoms with Crippen molar-refractivity contribution in [3.05, 3.63) is 35.5 Å². The Hall–Kier alpha value is -1.59. The van der Waals surface area contributed by atoms with Crippen LogP contribution in [0.25, 0.3) is 0 Å². The molecule has 1 aromatic rings. The van der Waals surface area contributed by atoms with Crippen molar-refractivity contribution in [1.82, 2.24) is 0 Å². The van der Waals surface area contributed by atoms with Crippen LogP contribution < -0.4 is 10.6 Å². The smallest absolute Gasteiger partial charge is 0.415 e. The van der Waals surface area contributed by atoms with E-state index in [-0.39, 0.29) is 13.2 Å². The summed E-state index contributed by atoms with van der Waals surface area (Å²) in [7, 11) is 0. The van der Waals surface area contributed by atoms with Gasteiger partial charge in [0.25, 0.3) is 0 Å². The van der Waals surface area contributed by atoms with Crippen LogP contribution in [0.3, 0.4) is 0 Å². The zero-order chi connectivity index (χ0) is 10.9. The third-order valence-corrected chi connectivity index (χ3v) is 2.65. The molecule has 2 N–H and O–H groups in total. The van der Waals surface area contributed by atoms with E-state index in [1.807, 2.05) is 35.2 Å². The predicted molar refractivity (Wildman–Crippen MR) is 56.7 cm³/mol. The van der Waals surface area contributed by atoms with Gasteiger partial charge in [-0.1, -0.05) is 18.2 Å². The monoisotopic (exact) mass is 207 g/mol. The summed E-state index contributed by atoms with van der Waals surface area (Å²) in [5.74, 6) is 0. The number of rotatable bonds is 1. The Labute approximate surface area is 87.9 Å². The lowest BCUT2D eigenvalue weighted by atomic mass is 10.3. The molecule has 5 nitrogen and oxygen atoms in total. The largest absolute Gasteiger partial charge is 0.622 e. The quantitative estimate of drug-likeness (QED) is 0.548. The van der Waals surface area contributed by atoms with Crippen molar-refractivity contribution in [2.75, 3.05) is 24.7 Å². The number of carbonyl (C=O) groups excluding carboxylic acids is 1. The predicted octanol–water partition coefficient (Wildman–Crippen LogP) is 0.857. The highest BCUT2D eigenvalue weighted by Crippen LogP contribution is 2.21. The lowest BCUT2D eigenvalue weighted by Crippen LogP contribution is -2.50. The van der Waals surface area contributed by atoms with Crippen LogP contribution in [0.2, 0.25) is 0 Å². The first-order valence-corrected chi connectivity index (χ1v) is 4.80. The van der Waals surface area contributed by atoms with Gasteiger partial charge in [-0.15, -0.1) is 0 Å². The highest BCUT2D eigenvalue weighted by molar-refractivity contribution is 5.65. The maximum absolute atomic E-state index is 11.8. The molecule has 0 aromatic heterocycles. The fraction of sp³-hybridized carbons (Fsp3) is 0.300. The van der Waals surface area contributed by atoms with E-state index in [4.69, 9.17) is 5.73 Å². The van der Waals surface area contributed by atoms with Gasteiger partial charge in [0.05, 0.1) is 6.54 Å². The SMILES string of the molecule is NC(=O)[N+]1([O-])CCN(c2ccccc2)C1. The molecular formula is C10H13N3O2. The molecule has 1 saturated heterocycles. The van der Waals surface area contributed by atoms with Gasteiger partial charge in [0.1, 0.15) is 6.54 Å². The minimum atomic E-state index is -0.950. The summed E-state index contributed by atoms with van der Waals surface area (Å²) in [6.07, 6.45) is 0. The van der Waals surface area contributed by atoms with Crippen molar-refractivity contribution in [2.45, 2.75) is 0 Å². The third kappa shape index (κ3) is 1.79. The molecule has 1 aliphatic rings. The molecule has 0 spiro atoms. The fourth-order valence-corrected chi connectivity index (χ4v) is 1.73. The first-order valence-electron chi connectivity index (χ1n) is 4.80. The van der Waals surface area contributed by atoms with Crippen LogP contribution in [-0.4, -0.2) is 30.4 Å². The van der Waals surface area contributed by atoms with Gasteiger partial charge < -0.3 is 15.8 Å². The first-order chi connectivity index (χ1) is 7.12. The zero-order valence-electron chi connectivity index (χ0n) is 8.30. The van der Waals surface area contributed by atoms with Crippen molar-refractivity contribution in [2.24, 2.45) is 5.73 Å². The molecule has 80 valence electrons. The van der Waals surface area contributed by atoms with Crippen molar-refractivity contribution < 1.29 is 9.44 Å². The maximum Gasteiger partial charge on any atom is 0.415 e. The van der Waals surface area contributed by atoms with Crippen LogP contribution in [0.4, 0.5) is 10.5 Å². The third-order valence-electron chi connectivity index (χ3n) is 2.65. The zero-order valence-corrected chi connectivity index (χ0v) is 8.30. The van der Waals surface area contributed by atoms with Gasteiger partial charge in [-0.25, -0.2) is 4.79 Å². The summed E-state index contributed by atoms with van der Waals surface area (Å²) in [5, 5.41) is 11.8. The Balaban J connectivity index is 2.14. The second-order valence-electron chi connectivity index (χ2n) is 3.69. The van der Waals surface area contributed by atoms with E-state index in [9.17, 15) is 10.0 Å². The Morgan fingerprint density at radius 2 is 2.07 bits per heavy atom. The molecule has 0 radical (unpaired) electrons. The van der Waals surface area contributed by atoms with E-state index in [1.54, 1.807) is 0 Å². The van der Waals surface area contributed by atoms with Crippen LogP contribution >= 0.6 is 0 Å². The van der Waals surface area contributed by atoms with Gasteiger partial charge in [0, 0.05) is 5.69 Å². The molecule has 1 aliphatic heterocycles. The Morgan fingerprint density at radius 3 is 2.60 bits per heavy atom. The number of hydroxylamine groups is 3. The van der Waals surface area contributed by atoms with Crippen molar-refractivity contribution in [3.8, 4) is 0 Å². The molecule has 1 unspecified atom stereocenters. The minimum Gasteiger partial charge on any atom is -0.622 e. The number of primary amides is 1. The second-order valence-corrected chi connectivity index (χ2v) is 3.69. The molecule has 1 heterocycles. The number of urea groups is 1. The molecule has 0 saturated carbocycles. The maximum atomic E-state index is 11.8. The van der Waals surface area contributed by atoms with Gasteiger partial charge in [-0.3, -0.25) is 4.65 Å². The summed E-state index contributed by atoms with van der Waals surface area (Å²) in [4.78, 5) is 12.8. The topological polar surface area (TPSA) is 69.4 Å². The number of anilines is 1. The molecule has 2 rings (SSSR count). The van der Waals surface area contributed by atoms with Gasteiger partial charge in [-0.05, 0) is 12.1 Å². The first kappa shape index (κ1) is 9.95. The van der Waals surface area contributed by atoms with Crippen LogP contribution in [-0.2, 0) is 0 Å². The Kier molecular flexibility index (Phi) is 2.34. The average Bonchev–Trinajstić information content (AvgIpc) is 2.64. The van der Waals surface area contributed by atoms with Crippen LogP contribution in [0.5, 0.6) is 0 Å². The lowest BCUT2D eigenvalue weighted by molar-refractivity contribution is -0.782. The molecule has 0 bridgehead atoms. The van der Waals surface area contributed by atoms with E-state index in [0.29, 0.717) is 6.54 Å². The fourth-order valence-electron chi connectivity index (χ4n) is 1.73. The van der Waals surface area contributed by atoms with Crippen molar-refractivity contribution >= 4 is 11.7 Å². The number of quaternary nitrogens is 1. The van der Waals surface area contributed by atoms with Crippen molar-refractivity contribution in [1.29, 1.82) is 0 Å². The van der Waals surface area contributed by atoms with Gasteiger partial charge >= 0.3 is 6.03 Å². The van der Waals surface area contributed by atoms with E-state index in [0.717, 1.165) is 5.69 Å². The molecule has 15 heavy (non-hydrogen) atoms. The number of carbonyl (C=O) groups is 1. The summed E-state index contributed by atoms with van der Waals surface area (Å²) in [6.45, 7) is 0.903. The molecule has 2 amide bonds. The van der Waals surface area contributed by atoms with E-state index >= 15 is 0 Å². The van der Waals surface area contributed by atoms with Crippen LogP contribution in [0.1, 0.15) is 0 Å². The van der Waals surface area contributed by atoms with Gasteiger partial charge in [0.2, 0.25) is 0 Å². The highest BCUT2D eigenvalue weighted by atomic mass is 16.6. The van der Waals surface area contributed by atoms with E-state index in [1.165, 1.54) is 0 Å². The Bertz CT molecular complexity index is 368. The molecule has 5 heteroatoms. The molecule has 1 atom stereocenters. The molecule has 0 aliphatic carbocycles. The number of benzene rings is 1. The van der Waals surface area contributed by atoms with Crippen LogP contribution in [0.15, 0.2) is 30.3 Å². The average molecular weight is 207 g/mol. The van der Waals surface area contributed by atoms with Crippen LogP contribution in [0, 0.1) is 5.21 Å². The summed E-state index contributed by atoms with van der Waals surface area (Å²) >= 11 is 0. The second kappa shape index (κ2) is 3.52. The Morgan fingerprint density at radius 1 is 1.40 bits per heavy atom. The van der Waals surface area contributed by atoms with E-state index < -0.39 is 10.7 Å². The normalized spacial score (nSPS) is 25.5. The van der Waals surface area contributed by atoms with Gasteiger partial charge in [-0.2, -0.15) is 0 Å². The molecule has 1 fully saturated rings. The van der Waals surface area contributed by atoms with E-state index in [2.05, 4.69) is 0 Å². The number of hydrogen-bond acceptors (Lipinski definition) is 3. The molecule has 1 aromatic carbocycles. The molecular weight excluding hydrogens is 194 g/mol. The number of hydrogen-bond donors (Lipinski definition) is 1. The lowest BCUT2D eigenvalue weighted by Gasteiger charge is -2.32. The standard InChI is InChI=1S/C10H13N3O2/c11-10(14)13(15)7-6-12(8-13)9-4-2-1-3-5-9/h1-5H,6-8H2,(H2,11,14). The summed E-state index contributed by atoms with van der Waals surface area (Å²) < 4.78 is -0.950. The summed E-state index contributed by atoms with van der Waals surface area (Å²) in [5.41, 5.74) is 6.02. The van der Waals surface area contributed by atoms with Crippen molar-refractivity contribution in [3.63, 3.8) is 0 Å². The van der Waals surface area contributed by atoms with Gasteiger partial charge in [0.15, 0.2) is 6.67 Å². The minimum absolute atomic E-state index is 0.110. The number of para-hydroxylation sites is 1. The number of amides is 2.